The summed E-state index contributed by atoms with van der Waals surface area (Å²) in [4.78, 5) is 16.7. The zero-order valence-electron chi connectivity index (χ0n) is 17.7. The number of aromatic nitrogens is 3. The molecule has 2 N–H and O–H groups in total. The zero-order valence-corrected chi connectivity index (χ0v) is 17.7. The van der Waals surface area contributed by atoms with Crippen LogP contribution in [0.15, 0.2) is 48.8 Å². The van der Waals surface area contributed by atoms with Crippen LogP contribution in [0.2, 0.25) is 0 Å². The van der Waals surface area contributed by atoms with Gasteiger partial charge in [-0.3, -0.25) is 0 Å². The van der Waals surface area contributed by atoms with Gasteiger partial charge in [-0.15, -0.1) is 0 Å². The number of aryl methyl sites for hydroxylation is 1. The Morgan fingerprint density at radius 3 is 2.64 bits per heavy atom. The highest BCUT2D eigenvalue weighted by molar-refractivity contribution is 5.92. The van der Waals surface area contributed by atoms with E-state index in [9.17, 15) is 13.6 Å². The van der Waals surface area contributed by atoms with Crippen LogP contribution in [-0.2, 0) is 11.3 Å². The summed E-state index contributed by atoms with van der Waals surface area (Å²) in [6.45, 7) is 1.52. The van der Waals surface area contributed by atoms with Crippen molar-refractivity contribution in [3.63, 3.8) is 0 Å². The number of carbonyl (C=O) groups is 1. The van der Waals surface area contributed by atoms with Crippen molar-refractivity contribution in [2.75, 3.05) is 12.8 Å². The van der Waals surface area contributed by atoms with Gasteiger partial charge in [-0.25, -0.2) is 23.1 Å². The fraction of sp³-hybridized carbons (Fsp3) is 0.125. The molecule has 0 aliphatic rings. The van der Waals surface area contributed by atoms with E-state index in [2.05, 4.69) is 21.9 Å². The Kier molecular flexibility index (Phi) is 5.91. The van der Waals surface area contributed by atoms with Crippen molar-refractivity contribution < 1.29 is 23.0 Å². The minimum atomic E-state index is -0.927. The van der Waals surface area contributed by atoms with Gasteiger partial charge in [-0.05, 0) is 30.2 Å². The number of hydrogen-bond acceptors (Lipinski definition) is 6. The van der Waals surface area contributed by atoms with E-state index in [0.717, 1.165) is 5.56 Å². The van der Waals surface area contributed by atoms with Crippen LogP contribution in [-0.4, -0.2) is 27.7 Å². The summed E-state index contributed by atoms with van der Waals surface area (Å²) in [5.74, 6) is 2.67. The van der Waals surface area contributed by atoms with Crippen LogP contribution < -0.4 is 10.5 Å². The van der Waals surface area contributed by atoms with E-state index >= 15 is 0 Å². The highest BCUT2D eigenvalue weighted by Gasteiger charge is 2.20. The fourth-order valence-electron chi connectivity index (χ4n) is 3.23. The smallest absolute Gasteiger partial charge is 0.357 e. The quantitative estimate of drug-likeness (QED) is 0.378. The summed E-state index contributed by atoms with van der Waals surface area (Å²) in [7, 11) is 1.28. The maximum absolute atomic E-state index is 14.6. The predicted octanol–water partition coefficient (Wildman–Crippen LogP) is 3.66. The van der Waals surface area contributed by atoms with Crippen molar-refractivity contribution in [3.8, 4) is 17.6 Å². The molecule has 0 amide bonds. The molecule has 0 fully saturated rings. The molecule has 4 rings (SSSR count). The van der Waals surface area contributed by atoms with Gasteiger partial charge in [-0.2, -0.15) is 5.10 Å². The molecule has 2 heterocycles. The van der Waals surface area contributed by atoms with E-state index in [1.54, 1.807) is 0 Å². The van der Waals surface area contributed by atoms with Crippen molar-refractivity contribution in [3.05, 3.63) is 88.4 Å². The van der Waals surface area contributed by atoms with E-state index in [1.807, 2.05) is 30.3 Å². The van der Waals surface area contributed by atoms with Crippen LogP contribution >= 0.6 is 0 Å². The third-order valence-electron chi connectivity index (χ3n) is 4.90. The van der Waals surface area contributed by atoms with E-state index in [1.165, 1.54) is 37.0 Å². The molecule has 0 bridgehead atoms. The molecular formula is C24H18F2N4O3. The molecule has 0 aliphatic heterocycles. The SMILES string of the molecule is COc1cc(C)c(F)c(C#Cc2cc(C(=O)OCc3ccccc3)n3ncnc(N)c23)c1F. The number of carbonyl (C=O) groups excluding carboxylic acids is 1. The number of hydrogen-bond donors (Lipinski definition) is 1. The zero-order chi connectivity index (χ0) is 23.5. The molecule has 9 heteroatoms. The molecule has 33 heavy (non-hydrogen) atoms. The van der Waals surface area contributed by atoms with Crippen LogP contribution in [0.3, 0.4) is 0 Å². The van der Waals surface area contributed by atoms with Gasteiger partial charge in [0.05, 0.1) is 12.7 Å². The molecular weight excluding hydrogens is 430 g/mol. The highest BCUT2D eigenvalue weighted by Crippen LogP contribution is 2.26. The largest absolute Gasteiger partial charge is 0.494 e. The van der Waals surface area contributed by atoms with E-state index in [4.69, 9.17) is 15.2 Å². The lowest BCUT2D eigenvalue weighted by Crippen LogP contribution is -2.10. The van der Waals surface area contributed by atoms with Gasteiger partial charge >= 0.3 is 5.97 Å². The Hall–Kier alpha value is -4.45. The summed E-state index contributed by atoms with van der Waals surface area (Å²) < 4.78 is 40.7. The Bertz CT molecular complexity index is 1420. The monoisotopic (exact) mass is 448 g/mol. The molecule has 0 atom stereocenters. The first kappa shape index (κ1) is 21.8. The van der Waals surface area contributed by atoms with Gasteiger partial charge in [0.2, 0.25) is 0 Å². The number of nitrogens with two attached hydrogens (primary N) is 1. The average molecular weight is 448 g/mol. The second-order valence-corrected chi connectivity index (χ2v) is 7.06. The molecule has 0 radical (unpaired) electrons. The maximum Gasteiger partial charge on any atom is 0.357 e. The van der Waals surface area contributed by atoms with Gasteiger partial charge in [0, 0.05) is 0 Å². The molecule has 7 nitrogen and oxygen atoms in total. The topological polar surface area (TPSA) is 91.7 Å². The van der Waals surface area contributed by atoms with Crippen molar-refractivity contribution >= 4 is 17.3 Å². The first-order valence-electron chi connectivity index (χ1n) is 9.78. The fourth-order valence-corrected chi connectivity index (χ4v) is 3.23. The van der Waals surface area contributed by atoms with Gasteiger partial charge in [0.15, 0.2) is 23.1 Å². The van der Waals surface area contributed by atoms with Crippen LogP contribution in [0.25, 0.3) is 5.52 Å². The average Bonchev–Trinajstić information content (AvgIpc) is 3.20. The lowest BCUT2D eigenvalue weighted by atomic mass is 10.1. The number of anilines is 1. The summed E-state index contributed by atoms with van der Waals surface area (Å²) in [5, 5.41) is 4.06. The van der Waals surface area contributed by atoms with E-state index < -0.39 is 23.2 Å². The Labute approximate surface area is 187 Å². The number of esters is 1. The second-order valence-electron chi connectivity index (χ2n) is 7.06. The summed E-state index contributed by atoms with van der Waals surface area (Å²) in [5.41, 5.74) is 6.96. The number of benzene rings is 2. The van der Waals surface area contributed by atoms with Crippen molar-refractivity contribution in [2.24, 2.45) is 0 Å². The Balaban J connectivity index is 1.76. The normalized spacial score (nSPS) is 10.5. The minimum absolute atomic E-state index is 0.0409. The Morgan fingerprint density at radius 2 is 1.91 bits per heavy atom. The van der Waals surface area contributed by atoms with Crippen molar-refractivity contribution in [2.45, 2.75) is 13.5 Å². The number of nitrogen functional groups attached to an aromatic ring is 1. The van der Waals surface area contributed by atoms with Crippen LogP contribution in [0, 0.1) is 30.4 Å². The first-order chi connectivity index (χ1) is 15.9. The third-order valence-corrected chi connectivity index (χ3v) is 4.90. The first-order valence-corrected chi connectivity index (χ1v) is 9.78. The Morgan fingerprint density at radius 1 is 1.15 bits per heavy atom. The van der Waals surface area contributed by atoms with Crippen LogP contribution in [0.4, 0.5) is 14.6 Å². The number of nitrogens with zero attached hydrogens (tertiary/aromatic N) is 3. The number of halogens is 2. The van der Waals surface area contributed by atoms with Gasteiger partial charge in [-0.1, -0.05) is 42.2 Å². The van der Waals surface area contributed by atoms with E-state index in [-0.39, 0.29) is 40.5 Å². The number of methoxy groups -OCH3 is 1. The molecule has 0 saturated heterocycles. The molecule has 0 spiro atoms. The number of fused-ring (bicyclic) bond motifs is 1. The molecule has 4 aromatic rings. The third kappa shape index (κ3) is 4.19. The summed E-state index contributed by atoms with van der Waals surface area (Å²) in [6, 6.07) is 11.8. The molecule has 166 valence electrons. The van der Waals surface area contributed by atoms with Crippen molar-refractivity contribution in [1.82, 2.24) is 14.6 Å². The van der Waals surface area contributed by atoms with Crippen molar-refractivity contribution in [1.29, 1.82) is 0 Å². The van der Waals surface area contributed by atoms with Gasteiger partial charge in [0.25, 0.3) is 0 Å². The standard InChI is InChI=1S/C24H18F2N4O3/c1-14-10-19(32-2)21(26)17(20(14)25)9-8-16-11-18(30-22(16)23(27)28-13-29-30)24(31)33-12-15-6-4-3-5-7-15/h3-7,10-11,13H,12H2,1-2H3,(H2,27,28,29). The maximum atomic E-state index is 14.6. The van der Waals surface area contributed by atoms with Crippen LogP contribution in [0.5, 0.6) is 5.75 Å². The summed E-state index contributed by atoms with van der Waals surface area (Å²) in [6.07, 6.45) is 1.18. The lowest BCUT2D eigenvalue weighted by molar-refractivity contribution is 0.0463. The van der Waals surface area contributed by atoms with Gasteiger partial charge < -0.3 is 15.2 Å². The highest BCUT2D eigenvalue weighted by atomic mass is 19.1. The van der Waals surface area contributed by atoms with Crippen LogP contribution in [0.1, 0.15) is 32.7 Å². The van der Waals surface area contributed by atoms with Gasteiger partial charge in [0.1, 0.15) is 29.8 Å². The second kappa shape index (κ2) is 8.96. The molecule has 2 aromatic heterocycles. The predicted molar refractivity (Wildman–Crippen MR) is 117 cm³/mol. The number of ether oxygens (including phenoxy) is 2. The molecule has 0 aliphatic carbocycles. The number of rotatable bonds is 4. The lowest BCUT2D eigenvalue weighted by Gasteiger charge is -2.07. The van der Waals surface area contributed by atoms with E-state index in [0.29, 0.717) is 0 Å². The summed E-state index contributed by atoms with van der Waals surface area (Å²) >= 11 is 0. The minimum Gasteiger partial charge on any atom is -0.494 e. The molecule has 0 unspecified atom stereocenters. The molecule has 0 saturated carbocycles. The molecule has 2 aromatic carbocycles.